The van der Waals surface area contributed by atoms with Gasteiger partial charge < -0.3 is 4.57 Å². The van der Waals surface area contributed by atoms with Crippen LogP contribution in [0.2, 0.25) is 0 Å². The highest BCUT2D eigenvalue weighted by Gasteiger charge is 2.49. The van der Waals surface area contributed by atoms with Crippen LogP contribution in [0.3, 0.4) is 0 Å². The summed E-state index contributed by atoms with van der Waals surface area (Å²) in [5.41, 5.74) is 2.09. The van der Waals surface area contributed by atoms with E-state index in [9.17, 15) is 8.42 Å². The van der Waals surface area contributed by atoms with Gasteiger partial charge in [0.25, 0.3) is 0 Å². The Labute approximate surface area is 124 Å². The fourth-order valence-corrected chi connectivity index (χ4v) is 6.99. The van der Waals surface area contributed by atoms with Crippen LogP contribution in [-0.4, -0.2) is 27.9 Å². The number of aromatic nitrogens is 4. The molecule has 2 atom stereocenters. The van der Waals surface area contributed by atoms with E-state index >= 15 is 0 Å². The lowest BCUT2D eigenvalue weighted by Crippen LogP contribution is -2.21. The van der Waals surface area contributed by atoms with E-state index in [0.717, 1.165) is 10.6 Å². The van der Waals surface area contributed by atoms with Crippen LogP contribution in [0.25, 0.3) is 11.2 Å². The van der Waals surface area contributed by atoms with Crippen LogP contribution in [0.15, 0.2) is 46.8 Å². The number of thioether (sulfide) groups is 1. The molecule has 0 radical (unpaired) electrons. The number of rotatable bonds is 0. The van der Waals surface area contributed by atoms with Gasteiger partial charge in [0.2, 0.25) is 9.84 Å². The maximum absolute atomic E-state index is 12.9. The summed E-state index contributed by atoms with van der Waals surface area (Å²) in [4.78, 5) is 13.0. The molecule has 0 amide bonds. The van der Waals surface area contributed by atoms with Crippen molar-refractivity contribution in [3.05, 3.63) is 42.5 Å². The molecule has 21 heavy (non-hydrogen) atoms. The van der Waals surface area contributed by atoms with Crippen LogP contribution < -0.4 is 0 Å². The van der Waals surface area contributed by atoms with Crippen LogP contribution in [-0.2, 0) is 9.84 Å². The first-order chi connectivity index (χ1) is 10.2. The third-order valence-electron chi connectivity index (χ3n) is 3.95. The van der Waals surface area contributed by atoms with Crippen LogP contribution in [0.4, 0.5) is 0 Å². The zero-order valence-corrected chi connectivity index (χ0v) is 12.2. The Bertz CT molecular complexity index is 1010. The second kappa shape index (κ2) is 3.63. The minimum Gasteiger partial charge on any atom is -0.307 e. The van der Waals surface area contributed by atoms with E-state index in [2.05, 4.69) is 15.0 Å². The summed E-state index contributed by atoms with van der Waals surface area (Å²) in [6.07, 6.45) is 3.03. The molecule has 0 saturated heterocycles. The molecule has 2 aliphatic heterocycles. The molecule has 0 bridgehead atoms. The highest BCUT2D eigenvalue weighted by atomic mass is 32.2. The van der Waals surface area contributed by atoms with Gasteiger partial charge in [0.15, 0.2) is 11.0 Å². The van der Waals surface area contributed by atoms with Gasteiger partial charge in [-0.15, -0.1) is 0 Å². The number of benzene rings is 1. The van der Waals surface area contributed by atoms with Crippen LogP contribution in [0.5, 0.6) is 0 Å². The molecule has 5 rings (SSSR count). The average molecular weight is 316 g/mol. The van der Waals surface area contributed by atoms with E-state index in [1.807, 2.05) is 12.1 Å². The average Bonchev–Trinajstić information content (AvgIpc) is 3.01. The van der Waals surface area contributed by atoms with E-state index in [0.29, 0.717) is 16.1 Å². The molecule has 2 aliphatic rings. The first-order valence-corrected chi connectivity index (χ1v) is 8.77. The second-order valence-corrected chi connectivity index (χ2v) is 8.16. The van der Waals surface area contributed by atoms with Crippen molar-refractivity contribution < 1.29 is 8.42 Å². The van der Waals surface area contributed by atoms with Crippen LogP contribution >= 0.6 is 11.8 Å². The summed E-state index contributed by atoms with van der Waals surface area (Å²) < 4.78 is 27.4. The van der Waals surface area contributed by atoms with E-state index in [-0.39, 0.29) is 5.25 Å². The lowest BCUT2D eigenvalue weighted by molar-refractivity contribution is 0.556. The molecule has 0 N–H and O–H groups in total. The SMILES string of the molecule is O=S1(=O)c2ccccc2[C@H]2Sc3ncnc4ncn(c34)[C@H]21. The molecule has 1 aromatic carbocycles. The fourth-order valence-electron chi connectivity index (χ4n) is 3.09. The summed E-state index contributed by atoms with van der Waals surface area (Å²) >= 11 is 1.48. The highest BCUT2D eigenvalue weighted by Crippen LogP contribution is 2.57. The van der Waals surface area contributed by atoms with Crippen molar-refractivity contribution in [1.29, 1.82) is 0 Å². The first kappa shape index (κ1) is 11.7. The van der Waals surface area contributed by atoms with E-state index in [1.165, 1.54) is 18.1 Å². The molecule has 4 heterocycles. The van der Waals surface area contributed by atoms with Crippen LogP contribution in [0.1, 0.15) is 16.2 Å². The van der Waals surface area contributed by atoms with Crippen molar-refractivity contribution in [3.63, 3.8) is 0 Å². The minimum atomic E-state index is -3.42. The van der Waals surface area contributed by atoms with Crippen molar-refractivity contribution >= 4 is 32.8 Å². The molecular weight excluding hydrogens is 308 g/mol. The predicted molar refractivity (Wildman–Crippen MR) is 76.6 cm³/mol. The van der Waals surface area contributed by atoms with Gasteiger partial charge >= 0.3 is 0 Å². The molecule has 0 unspecified atom stereocenters. The summed E-state index contributed by atoms with van der Waals surface area (Å²) in [7, 11) is -3.42. The molecule has 0 spiro atoms. The Morgan fingerprint density at radius 2 is 2.00 bits per heavy atom. The zero-order chi connectivity index (χ0) is 14.2. The normalized spacial score (nSPS) is 24.8. The summed E-state index contributed by atoms with van der Waals surface area (Å²) in [6.45, 7) is 0. The van der Waals surface area contributed by atoms with Gasteiger partial charge in [-0.3, -0.25) is 0 Å². The van der Waals surface area contributed by atoms with Crippen LogP contribution in [0, 0.1) is 0 Å². The molecular formula is C13H8N4O2S2. The fraction of sp³-hybridized carbons (Fsp3) is 0.154. The third-order valence-corrected chi connectivity index (χ3v) is 7.53. The lowest BCUT2D eigenvalue weighted by Gasteiger charge is -2.25. The predicted octanol–water partition coefficient (Wildman–Crippen LogP) is 1.96. The van der Waals surface area contributed by atoms with Gasteiger partial charge in [-0.2, -0.15) is 0 Å². The standard InChI is InChI=1S/C13H8N4O2S2/c18-21(19)8-4-2-1-3-7(8)10-13(21)17-6-16-11-9(17)12(20-10)15-5-14-11/h1-6,10,13H/t10-,13+/m1/s1. The topological polar surface area (TPSA) is 77.7 Å². The summed E-state index contributed by atoms with van der Waals surface area (Å²) in [5.74, 6) is 0. The van der Waals surface area contributed by atoms with Crippen molar-refractivity contribution in [2.75, 3.05) is 0 Å². The quantitative estimate of drug-likeness (QED) is 0.590. The molecule has 6 nitrogen and oxygen atoms in total. The van der Waals surface area contributed by atoms with Gasteiger partial charge in [-0.25, -0.2) is 23.4 Å². The molecule has 8 heteroatoms. The Morgan fingerprint density at radius 3 is 2.90 bits per heavy atom. The van der Waals surface area contributed by atoms with Gasteiger partial charge in [0.1, 0.15) is 16.9 Å². The van der Waals surface area contributed by atoms with Gasteiger partial charge in [0.05, 0.1) is 16.5 Å². The monoisotopic (exact) mass is 316 g/mol. The first-order valence-electron chi connectivity index (χ1n) is 6.35. The zero-order valence-electron chi connectivity index (χ0n) is 10.5. The summed E-state index contributed by atoms with van der Waals surface area (Å²) in [6, 6.07) is 7.18. The third kappa shape index (κ3) is 1.29. The largest absolute Gasteiger partial charge is 0.307 e. The Morgan fingerprint density at radius 1 is 1.14 bits per heavy atom. The lowest BCUT2D eigenvalue weighted by atomic mass is 10.1. The number of hydrogen-bond acceptors (Lipinski definition) is 6. The maximum Gasteiger partial charge on any atom is 0.201 e. The minimum absolute atomic E-state index is 0.189. The van der Waals surface area contributed by atoms with Gasteiger partial charge in [-0.05, 0) is 11.6 Å². The maximum atomic E-state index is 12.9. The second-order valence-electron chi connectivity index (χ2n) is 5.01. The Hall–Kier alpha value is -1.93. The van der Waals surface area contributed by atoms with Crippen molar-refractivity contribution in [3.8, 4) is 0 Å². The Kier molecular flexibility index (Phi) is 2.02. The van der Waals surface area contributed by atoms with Crippen molar-refractivity contribution in [2.24, 2.45) is 0 Å². The number of imidazole rings is 1. The van der Waals surface area contributed by atoms with Gasteiger partial charge in [0, 0.05) is 0 Å². The molecule has 0 saturated carbocycles. The smallest absolute Gasteiger partial charge is 0.201 e. The highest BCUT2D eigenvalue weighted by molar-refractivity contribution is 8.01. The number of sulfone groups is 1. The van der Waals surface area contributed by atoms with Crippen molar-refractivity contribution in [2.45, 2.75) is 20.5 Å². The molecule has 0 aliphatic carbocycles. The molecule has 3 aromatic rings. The molecule has 0 fully saturated rings. The number of nitrogens with zero attached hydrogens (tertiary/aromatic N) is 4. The van der Waals surface area contributed by atoms with E-state index in [1.54, 1.807) is 23.0 Å². The molecule has 2 aromatic heterocycles. The number of hydrogen-bond donors (Lipinski definition) is 0. The number of fused-ring (bicyclic) bond motifs is 4. The Balaban J connectivity index is 1.90. The van der Waals surface area contributed by atoms with E-state index < -0.39 is 15.2 Å². The van der Waals surface area contributed by atoms with Gasteiger partial charge in [-0.1, -0.05) is 30.0 Å². The molecule has 104 valence electrons. The van der Waals surface area contributed by atoms with E-state index in [4.69, 9.17) is 0 Å². The van der Waals surface area contributed by atoms with Crippen molar-refractivity contribution in [1.82, 2.24) is 19.5 Å². The summed E-state index contributed by atoms with van der Waals surface area (Å²) in [5, 5.41) is -0.0694.